The van der Waals surface area contributed by atoms with Gasteiger partial charge in [-0.25, -0.2) is 14.3 Å². The molecule has 0 aliphatic rings. The van der Waals surface area contributed by atoms with E-state index in [1.807, 2.05) is 30.3 Å². The summed E-state index contributed by atoms with van der Waals surface area (Å²) in [6.45, 7) is 1.33. The van der Waals surface area contributed by atoms with Crippen molar-refractivity contribution in [2.24, 2.45) is 0 Å². The molecule has 0 N–H and O–H groups in total. The van der Waals surface area contributed by atoms with Gasteiger partial charge in [0.25, 0.3) is 0 Å². The van der Waals surface area contributed by atoms with Gasteiger partial charge in [0.1, 0.15) is 0 Å². The van der Waals surface area contributed by atoms with E-state index in [9.17, 15) is 9.59 Å². The molecule has 0 spiro atoms. The summed E-state index contributed by atoms with van der Waals surface area (Å²) in [5.74, 6) is -0.338. The zero-order chi connectivity index (χ0) is 11.5. The molecule has 0 bridgehead atoms. The maximum absolute atomic E-state index is 11.3. The lowest BCUT2D eigenvalue weighted by Gasteiger charge is -2.03. The zero-order valence-electron chi connectivity index (χ0n) is 8.75. The van der Waals surface area contributed by atoms with Crippen molar-refractivity contribution in [2.75, 3.05) is 0 Å². The third-order valence-corrected chi connectivity index (χ3v) is 2.23. The van der Waals surface area contributed by atoms with Gasteiger partial charge in [-0.3, -0.25) is 4.79 Å². The molecular weight excluding hydrogens is 204 g/mol. The Labute approximate surface area is 92.2 Å². The highest BCUT2D eigenvalue weighted by atomic mass is 16.2. The van der Waals surface area contributed by atoms with Crippen LogP contribution in [0, 0.1) is 0 Å². The van der Waals surface area contributed by atoms with Crippen molar-refractivity contribution in [1.29, 1.82) is 0 Å². The van der Waals surface area contributed by atoms with Crippen molar-refractivity contribution in [3.63, 3.8) is 0 Å². The minimum Gasteiger partial charge on any atom is -0.274 e. The summed E-state index contributed by atoms with van der Waals surface area (Å²) in [6.07, 6.45) is 2.98. The van der Waals surface area contributed by atoms with Gasteiger partial charge < -0.3 is 0 Å². The van der Waals surface area contributed by atoms with Crippen molar-refractivity contribution >= 4 is 5.91 Å². The second kappa shape index (κ2) is 4.10. The highest BCUT2D eigenvalue weighted by Gasteiger charge is 2.04. The van der Waals surface area contributed by atoms with Crippen LogP contribution in [0.2, 0.25) is 0 Å². The summed E-state index contributed by atoms with van der Waals surface area (Å²) < 4.78 is 1.00. The molecular formula is C12H10N2O2. The summed E-state index contributed by atoms with van der Waals surface area (Å²) in [7, 11) is 0. The molecule has 16 heavy (non-hydrogen) atoms. The number of rotatable bonds is 1. The van der Waals surface area contributed by atoms with Gasteiger partial charge in [-0.1, -0.05) is 30.3 Å². The molecule has 0 unspecified atom stereocenters. The number of aromatic nitrogens is 2. The highest BCUT2D eigenvalue weighted by Crippen LogP contribution is 2.15. The van der Waals surface area contributed by atoms with Crippen LogP contribution in [0.4, 0.5) is 0 Å². The molecule has 80 valence electrons. The van der Waals surface area contributed by atoms with Crippen molar-refractivity contribution in [2.45, 2.75) is 6.92 Å². The molecule has 0 atom stereocenters. The van der Waals surface area contributed by atoms with Gasteiger partial charge in [0, 0.05) is 24.9 Å². The Kier molecular flexibility index (Phi) is 2.64. The van der Waals surface area contributed by atoms with E-state index in [0.717, 1.165) is 15.7 Å². The second-order valence-corrected chi connectivity index (χ2v) is 3.38. The summed E-state index contributed by atoms with van der Waals surface area (Å²) in [5, 5.41) is 0. The maximum Gasteiger partial charge on any atom is 0.354 e. The Morgan fingerprint density at radius 1 is 1.19 bits per heavy atom. The van der Waals surface area contributed by atoms with Gasteiger partial charge in [0.05, 0.1) is 0 Å². The first-order chi connectivity index (χ1) is 7.68. The second-order valence-electron chi connectivity index (χ2n) is 3.38. The fraction of sp³-hybridized carbons (Fsp3) is 0.0833. The molecule has 1 aromatic carbocycles. The number of carbonyl (C=O) groups is 1. The number of nitrogens with zero attached hydrogens (tertiary/aromatic N) is 2. The van der Waals surface area contributed by atoms with E-state index in [2.05, 4.69) is 4.98 Å². The summed E-state index contributed by atoms with van der Waals surface area (Å²) >= 11 is 0. The smallest absolute Gasteiger partial charge is 0.274 e. The van der Waals surface area contributed by atoms with E-state index in [1.165, 1.54) is 19.3 Å². The van der Waals surface area contributed by atoms with E-state index < -0.39 is 5.69 Å². The lowest BCUT2D eigenvalue weighted by Crippen LogP contribution is -2.26. The number of hydrogen-bond acceptors (Lipinski definition) is 3. The van der Waals surface area contributed by atoms with Gasteiger partial charge in [0.15, 0.2) is 0 Å². The number of benzene rings is 1. The van der Waals surface area contributed by atoms with Crippen LogP contribution in [0.5, 0.6) is 0 Å². The predicted molar refractivity (Wildman–Crippen MR) is 60.2 cm³/mol. The average molecular weight is 214 g/mol. The molecule has 0 saturated heterocycles. The number of carbonyl (C=O) groups excluding carboxylic acids is 1. The Bertz CT molecular complexity index is 573. The van der Waals surface area contributed by atoms with E-state index in [4.69, 9.17) is 0 Å². The van der Waals surface area contributed by atoms with Crippen LogP contribution >= 0.6 is 0 Å². The standard InChI is InChI=1S/C12H10N2O2/c1-9(15)14-8-11(7-13-12(14)16)10-5-3-2-4-6-10/h2-8H,1H3. The summed E-state index contributed by atoms with van der Waals surface area (Å²) in [4.78, 5) is 26.1. The van der Waals surface area contributed by atoms with Crippen LogP contribution < -0.4 is 5.69 Å². The first kappa shape index (κ1) is 10.3. The fourth-order valence-corrected chi connectivity index (χ4v) is 1.42. The molecule has 4 nitrogen and oxygen atoms in total. The molecule has 0 amide bonds. The van der Waals surface area contributed by atoms with Crippen LogP contribution in [0.15, 0.2) is 47.5 Å². The van der Waals surface area contributed by atoms with Gasteiger partial charge in [-0.05, 0) is 5.56 Å². The first-order valence-electron chi connectivity index (χ1n) is 4.83. The van der Waals surface area contributed by atoms with Gasteiger partial charge >= 0.3 is 5.69 Å². The summed E-state index contributed by atoms with van der Waals surface area (Å²) in [5.41, 5.74) is 1.12. The molecule has 1 aromatic heterocycles. The molecule has 1 heterocycles. The molecule has 2 rings (SSSR count). The molecule has 2 aromatic rings. The van der Waals surface area contributed by atoms with Crippen LogP contribution in [0.3, 0.4) is 0 Å². The third kappa shape index (κ3) is 1.91. The van der Waals surface area contributed by atoms with Crippen LogP contribution in [-0.4, -0.2) is 15.5 Å². The van der Waals surface area contributed by atoms with Gasteiger partial charge in [-0.15, -0.1) is 0 Å². The highest BCUT2D eigenvalue weighted by molar-refractivity contribution is 5.77. The Morgan fingerprint density at radius 3 is 2.50 bits per heavy atom. The first-order valence-corrected chi connectivity index (χ1v) is 4.83. The molecule has 0 aliphatic heterocycles. The van der Waals surface area contributed by atoms with E-state index in [1.54, 1.807) is 0 Å². The topological polar surface area (TPSA) is 52.0 Å². The van der Waals surface area contributed by atoms with Gasteiger partial charge in [-0.2, -0.15) is 0 Å². The molecule has 0 aliphatic carbocycles. The van der Waals surface area contributed by atoms with Crippen molar-refractivity contribution in [3.05, 3.63) is 53.2 Å². The Balaban J connectivity index is 2.57. The SMILES string of the molecule is CC(=O)n1cc(-c2ccccc2)cnc1=O. The largest absolute Gasteiger partial charge is 0.354 e. The van der Waals surface area contributed by atoms with Gasteiger partial charge in [0.2, 0.25) is 5.91 Å². The normalized spacial score (nSPS) is 10.1. The predicted octanol–water partition coefficient (Wildman–Crippen LogP) is 1.57. The lowest BCUT2D eigenvalue weighted by atomic mass is 10.1. The van der Waals surface area contributed by atoms with Crippen molar-refractivity contribution in [3.8, 4) is 11.1 Å². The van der Waals surface area contributed by atoms with Crippen molar-refractivity contribution < 1.29 is 4.79 Å². The third-order valence-electron chi connectivity index (χ3n) is 2.23. The summed E-state index contributed by atoms with van der Waals surface area (Å²) in [6, 6.07) is 9.47. The van der Waals surface area contributed by atoms with Crippen LogP contribution in [-0.2, 0) is 0 Å². The maximum atomic E-state index is 11.3. The minimum atomic E-state index is -0.549. The minimum absolute atomic E-state index is 0.338. The molecule has 4 heteroatoms. The Hall–Kier alpha value is -2.23. The average Bonchev–Trinajstić information content (AvgIpc) is 2.30. The van der Waals surface area contributed by atoms with Crippen molar-refractivity contribution in [1.82, 2.24) is 9.55 Å². The fourth-order valence-electron chi connectivity index (χ4n) is 1.42. The zero-order valence-corrected chi connectivity index (χ0v) is 8.75. The van der Waals surface area contributed by atoms with E-state index in [0.29, 0.717) is 0 Å². The molecule has 0 fully saturated rings. The van der Waals surface area contributed by atoms with E-state index in [-0.39, 0.29) is 5.91 Å². The van der Waals surface area contributed by atoms with Crippen LogP contribution in [0.25, 0.3) is 11.1 Å². The molecule has 0 radical (unpaired) electrons. The molecule has 0 saturated carbocycles. The number of hydrogen-bond donors (Lipinski definition) is 0. The Morgan fingerprint density at radius 2 is 1.88 bits per heavy atom. The van der Waals surface area contributed by atoms with Crippen LogP contribution in [0.1, 0.15) is 11.7 Å². The quantitative estimate of drug-likeness (QED) is 0.724. The monoisotopic (exact) mass is 214 g/mol. The lowest BCUT2D eigenvalue weighted by molar-refractivity contribution is 0.0931. The van der Waals surface area contributed by atoms with E-state index >= 15 is 0 Å².